The van der Waals surface area contributed by atoms with Gasteiger partial charge in [-0.3, -0.25) is 9.69 Å². The summed E-state index contributed by atoms with van der Waals surface area (Å²) in [5, 5.41) is 0. The summed E-state index contributed by atoms with van der Waals surface area (Å²) in [7, 11) is 0. The molecule has 1 amide bonds. The monoisotopic (exact) mass is 339 g/mol. The second-order valence-corrected chi connectivity index (χ2v) is 6.26. The summed E-state index contributed by atoms with van der Waals surface area (Å²) in [5.74, 6) is 0.574. The molecule has 4 nitrogen and oxygen atoms in total. The van der Waals surface area contributed by atoms with E-state index in [1.54, 1.807) is 0 Å². The van der Waals surface area contributed by atoms with Gasteiger partial charge >= 0.3 is 0 Å². The Bertz CT molecular complexity index is 463. The first-order valence-corrected chi connectivity index (χ1v) is 8.46. The van der Waals surface area contributed by atoms with Crippen LogP contribution in [0.25, 0.3) is 0 Å². The average molecular weight is 340 g/mol. The zero-order valence-electron chi connectivity index (χ0n) is 14.3. The highest BCUT2D eigenvalue weighted by Gasteiger charge is 2.32. The second-order valence-electron chi connectivity index (χ2n) is 6.26. The van der Waals surface area contributed by atoms with E-state index in [4.69, 9.17) is 5.73 Å². The lowest BCUT2D eigenvalue weighted by Gasteiger charge is -2.24. The summed E-state index contributed by atoms with van der Waals surface area (Å²) in [4.78, 5) is 16.7. The molecule has 0 bridgehead atoms. The fraction of sp³-hybridized carbons (Fsp3) is 0.611. The maximum atomic E-state index is 12.5. The van der Waals surface area contributed by atoms with Crippen LogP contribution < -0.4 is 5.73 Å². The number of rotatable bonds is 7. The smallest absolute Gasteiger partial charge is 0.236 e. The number of carbonyl (C=O) groups excluding carboxylic acids is 1. The van der Waals surface area contributed by atoms with Crippen molar-refractivity contribution in [3.63, 3.8) is 0 Å². The summed E-state index contributed by atoms with van der Waals surface area (Å²) in [6.07, 6.45) is 2.02. The molecule has 5 heteroatoms. The molecule has 0 radical (unpaired) electrons. The number of benzene rings is 1. The number of amides is 1. The normalized spacial score (nSPS) is 21.0. The molecule has 1 saturated heterocycles. The largest absolute Gasteiger partial charge is 0.342 e. The number of hydrogen-bond acceptors (Lipinski definition) is 3. The molecule has 0 aliphatic carbocycles. The van der Waals surface area contributed by atoms with Gasteiger partial charge in [0.05, 0.1) is 6.54 Å². The Morgan fingerprint density at radius 1 is 1.17 bits per heavy atom. The van der Waals surface area contributed by atoms with E-state index in [-0.39, 0.29) is 24.4 Å². The summed E-state index contributed by atoms with van der Waals surface area (Å²) in [5.41, 5.74) is 7.59. The van der Waals surface area contributed by atoms with Crippen molar-refractivity contribution in [1.29, 1.82) is 0 Å². The molecule has 1 fully saturated rings. The van der Waals surface area contributed by atoms with Crippen molar-refractivity contribution in [3.05, 3.63) is 35.9 Å². The number of likely N-dealkylation sites (tertiary alicyclic amines) is 1. The minimum Gasteiger partial charge on any atom is -0.342 e. The third kappa shape index (κ3) is 5.48. The van der Waals surface area contributed by atoms with E-state index in [1.807, 2.05) is 11.0 Å². The molecule has 1 aliphatic heterocycles. The number of hydrogen-bond donors (Lipinski definition) is 1. The molecule has 1 aromatic rings. The Kier molecular flexibility index (Phi) is 8.59. The number of nitrogens with zero attached hydrogens (tertiary/aromatic N) is 2. The lowest BCUT2D eigenvalue weighted by atomic mass is 9.95. The van der Waals surface area contributed by atoms with Crippen molar-refractivity contribution >= 4 is 18.3 Å². The van der Waals surface area contributed by atoms with Crippen molar-refractivity contribution in [2.24, 2.45) is 5.73 Å². The van der Waals surface area contributed by atoms with E-state index in [0.717, 1.165) is 39.0 Å². The van der Waals surface area contributed by atoms with Gasteiger partial charge in [0.2, 0.25) is 5.91 Å². The third-order valence-electron chi connectivity index (χ3n) is 4.37. The predicted octanol–water partition coefficient (Wildman–Crippen LogP) is 2.48. The third-order valence-corrected chi connectivity index (χ3v) is 4.37. The summed E-state index contributed by atoms with van der Waals surface area (Å²) >= 11 is 0. The Morgan fingerprint density at radius 2 is 1.78 bits per heavy atom. The highest BCUT2D eigenvalue weighted by Crippen LogP contribution is 2.26. The van der Waals surface area contributed by atoms with Crippen LogP contribution in [0, 0.1) is 0 Å². The lowest BCUT2D eigenvalue weighted by Crippen LogP contribution is -2.41. The SMILES string of the molecule is CCCN(CCC)C(=O)CN1C[C@@H](N)[C@H](c2ccccc2)C1.Cl. The first kappa shape index (κ1) is 19.9. The van der Waals surface area contributed by atoms with Gasteiger partial charge in [0.15, 0.2) is 0 Å². The Hall–Kier alpha value is -1.10. The van der Waals surface area contributed by atoms with Crippen molar-refractivity contribution in [2.45, 2.75) is 38.6 Å². The molecule has 0 saturated carbocycles. The molecule has 1 heterocycles. The molecule has 1 aromatic carbocycles. The van der Waals surface area contributed by atoms with Crippen molar-refractivity contribution in [1.82, 2.24) is 9.80 Å². The van der Waals surface area contributed by atoms with Crippen LogP contribution in [0.4, 0.5) is 0 Å². The highest BCUT2D eigenvalue weighted by molar-refractivity contribution is 5.85. The second kappa shape index (κ2) is 9.91. The minimum atomic E-state index is 0. The molecule has 0 unspecified atom stereocenters. The molecule has 2 N–H and O–H groups in total. The maximum absolute atomic E-state index is 12.5. The minimum absolute atomic E-state index is 0. The van der Waals surface area contributed by atoms with E-state index >= 15 is 0 Å². The van der Waals surface area contributed by atoms with Gasteiger partial charge in [-0.25, -0.2) is 0 Å². The van der Waals surface area contributed by atoms with Crippen molar-refractivity contribution in [3.8, 4) is 0 Å². The van der Waals surface area contributed by atoms with Gasteiger partial charge in [0.25, 0.3) is 0 Å². The summed E-state index contributed by atoms with van der Waals surface area (Å²) in [6.45, 7) is 8.13. The van der Waals surface area contributed by atoms with Gasteiger partial charge in [-0.2, -0.15) is 0 Å². The fourth-order valence-electron chi connectivity index (χ4n) is 3.29. The molecular weight excluding hydrogens is 310 g/mol. The van der Waals surface area contributed by atoms with E-state index in [9.17, 15) is 4.79 Å². The van der Waals surface area contributed by atoms with Gasteiger partial charge in [-0.05, 0) is 18.4 Å². The first-order valence-electron chi connectivity index (χ1n) is 8.46. The quantitative estimate of drug-likeness (QED) is 0.830. The van der Waals surface area contributed by atoms with Crippen LogP contribution in [-0.4, -0.2) is 54.5 Å². The molecule has 0 spiro atoms. The molecule has 1 aliphatic rings. The molecule has 0 aromatic heterocycles. The highest BCUT2D eigenvalue weighted by atomic mass is 35.5. The first-order chi connectivity index (χ1) is 10.7. The van der Waals surface area contributed by atoms with Crippen molar-refractivity contribution in [2.75, 3.05) is 32.7 Å². The standard InChI is InChI=1S/C18H29N3O.ClH/c1-3-10-21(11-4-2)18(22)14-20-12-16(17(19)13-20)15-8-6-5-7-9-15;/h5-9,16-17H,3-4,10-14,19H2,1-2H3;1H/t16-,17+;/m0./s1. The van der Waals surface area contributed by atoms with Crippen molar-refractivity contribution < 1.29 is 4.79 Å². The van der Waals surface area contributed by atoms with Gasteiger partial charge in [0, 0.05) is 38.1 Å². The summed E-state index contributed by atoms with van der Waals surface area (Å²) in [6, 6.07) is 10.5. The van der Waals surface area contributed by atoms with Gasteiger partial charge in [0.1, 0.15) is 0 Å². The topological polar surface area (TPSA) is 49.6 Å². The van der Waals surface area contributed by atoms with Crippen LogP contribution >= 0.6 is 12.4 Å². The Balaban J connectivity index is 0.00000264. The number of halogens is 1. The number of nitrogens with two attached hydrogens (primary N) is 1. The maximum Gasteiger partial charge on any atom is 0.236 e. The number of carbonyl (C=O) groups is 1. The van der Waals surface area contributed by atoms with E-state index in [2.05, 4.69) is 43.0 Å². The van der Waals surface area contributed by atoms with Gasteiger partial charge < -0.3 is 10.6 Å². The zero-order valence-corrected chi connectivity index (χ0v) is 15.1. The van der Waals surface area contributed by atoms with Crippen LogP contribution in [0.15, 0.2) is 30.3 Å². The summed E-state index contributed by atoms with van der Waals surface area (Å²) < 4.78 is 0. The van der Waals surface area contributed by atoms with Crippen LogP contribution in [0.2, 0.25) is 0 Å². The molecular formula is C18H30ClN3O. The van der Waals surface area contributed by atoms with E-state index in [1.165, 1.54) is 5.56 Å². The Labute approximate surface area is 146 Å². The van der Waals surface area contributed by atoms with Crippen LogP contribution in [-0.2, 0) is 4.79 Å². The lowest BCUT2D eigenvalue weighted by molar-refractivity contribution is -0.132. The van der Waals surface area contributed by atoms with Crippen LogP contribution in [0.5, 0.6) is 0 Å². The fourth-order valence-corrected chi connectivity index (χ4v) is 3.29. The van der Waals surface area contributed by atoms with Gasteiger partial charge in [-0.1, -0.05) is 44.2 Å². The Morgan fingerprint density at radius 3 is 2.35 bits per heavy atom. The molecule has 2 rings (SSSR count). The van der Waals surface area contributed by atoms with Crippen LogP contribution in [0.3, 0.4) is 0 Å². The average Bonchev–Trinajstić information content (AvgIpc) is 2.88. The molecule has 2 atom stereocenters. The molecule has 130 valence electrons. The zero-order chi connectivity index (χ0) is 15.9. The van der Waals surface area contributed by atoms with E-state index < -0.39 is 0 Å². The molecule has 23 heavy (non-hydrogen) atoms. The van der Waals surface area contributed by atoms with Crippen LogP contribution in [0.1, 0.15) is 38.2 Å². The van der Waals surface area contributed by atoms with Gasteiger partial charge in [-0.15, -0.1) is 12.4 Å². The van der Waals surface area contributed by atoms with E-state index in [0.29, 0.717) is 12.5 Å². The predicted molar refractivity (Wildman–Crippen MR) is 98.0 cm³/mol.